The lowest BCUT2D eigenvalue weighted by atomic mass is 10.2. The Morgan fingerprint density at radius 1 is 0.667 bits per heavy atom. The van der Waals surface area contributed by atoms with Crippen molar-refractivity contribution in [1.82, 2.24) is 19.7 Å². The van der Waals surface area contributed by atoms with Crippen LogP contribution < -0.4 is 0 Å². The maximum Gasteiger partial charge on any atom is 0.164 e. The minimum atomic E-state index is 0.918. The fraction of sp³-hybridized carbons (Fsp3) is 0.300. The Bertz CT molecular complexity index is 717. The van der Waals surface area contributed by atoms with Crippen LogP contribution in [0.5, 0.6) is 0 Å². The van der Waals surface area contributed by atoms with Gasteiger partial charge in [0.25, 0.3) is 0 Å². The van der Waals surface area contributed by atoms with Gasteiger partial charge in [-0.3, -0.25) is 0 Å². The average Bonchev–Trinajstić information content (AvgIpc) is 3.31. The third-order valence-corrected chi connectivity index (χ3v) is 4.65. The van der Waals surface area contributed by atoms with Crippen molar-refractivity contribution < 1.29 is 0 Å². The number of benzene rings is 2. The fourth-order valence-electron chi connectivity index (χ4n) is 3.36. The van der Waals surface area contributed by atoms with E-state index in [0.29, 0.717) is 0 Å². The fourth-order valence-corrected chi connectivity index (χ4v) is 3.36. The van der Waals surface area contributed by atoms with E-state index in [1.54, 1.807) is 0 Å². The van der Waals surface area contributed by atoms with Crippen molar-refractivity contribution in [3.8, 4) is 22.8 Å². The summed E-state index contributed by atoms with van der Waals surface area (Å²) in [6.07, 6.45) is 2.64. The van der Waals surface area contributed by atoms with Crippen LogP contribution >= 0.6 is 0 Å². The molecule has 1 fully saturated rings. The first kappa shape index (κ1) is 15.1. The van der Waals surface area contributed by atoms with Crippen LogP contribution in [-0.4, -0.2) is 39.3 Å². The van der Waals surface area contributed by atoms with Crippen molar-refractivity contribution in [1.29, 1.82) is 0 Å². The summed E-state index contributed by atoms with van der Waals surface area (Å²) in [7, 11) is 0. The van der Waals surface area contributed by atoms with Gasteiger partial charge >= 0.3 is 0 Å². The quantitative estimate of drug-likeness (QED) is 0.719. The van der Waals surface area contributed by atoms with Gasteiger partial charge in [-0.15, -0.1) is 10.2 Å². The maximum atomic E-state index is 4.50. The highest BCUT2D eigenvalue weighted by Gasteiger charge is 2.17. The van der Waals surface area contributed by atoms with Crippen LogP contribution in [0, 0.1) is 0 Å². The zero-order valence-corrected chi connectivity index (χ0v) is 13.8. The molecule has 122 valence electrons. The second kappa shape index (κ2) is 6.97. The Morgan fingerprint density at radius 3 is 1.67 bits per heavy atom. The Morgan fingerprint density at radius 2 is 1.17 bits per heavy atom. The van der Waals surface area contributed by atoms with Gasteiger partial charge in [0.05, 0.1) is 0 Å². The molecule has 0 bridgehead atoms. The number of rotatable bonds is 5. The standard InChI is InChI=1S/C20H22N4/c1-3-9-17(10-4-1)19-21-22-20(18-11-5-2-6-12-18)24(19)16-15-23-13-7-8-14-23/h1-6,9-12H,7-8,13-16H2. The smallest absolute Gasteiger partial charge is 0.164 e. The second-order valence-corrected chi connectivity index (χ2v) is 6.28. The molecule has 4 nitrogen and oxygen atoms in total. The first-order valence-corrected chi connectivity index (χ1v) is 8.68. The highest BCUT2D eigenvalue weighted by atomic mass is 15.3. The molecular weight excluding hydrogens is 296 g/mol. The molecule has 3 aromatic rings. The number of nitrogens with zero attached hydrogens (tertiary/aromatic N) is 4. The van der Waals surface area contributed by atoms with E-state index in [9.17, 15) is 0 Å². The molecule has 0 spiro atoms. The van der Waals surface area contributed by atoms with Crippen molar-refractivity contribution in [2.75, 3.05) is 19.6 Å². The van der Waals surface area contributed by atoms with Gasteiger partial charge in [-0.1, -0.05) is 60.7 Å². The monoisotopic (exact) mass is 318 g/mol. The topological polar surface area (TPSA) is 34.0 Å². The summed E-state index contributed by atoms with van der Waals surface area (Å²) >= 11 is 0. The molecular formula is C20H22N4. The van der Waals surface area contributed by atoms with E-state index in [4.69, 9.17) is 0 Å². The molecule has 0 saturated carbocycles. The Kier molecular flexibility index (Phi) is 4.38. The van der Waals surface area contributed by atoms with Crippen molar-refractivity contribution in [3.63, 3.8) is 0 Å². The van der Waals surface area contributed by atoms with Crippen molar-refractivity contribution in [3.05, 3.63) is 60.7 Å². The first-order chi connectivity index (χ1) is 11.9. The van der Waals surface area contributed by atoms with Gasteiger partial charge < -0.3 is 9.47 Å². The van der Waals surface area contributed by atoms with Gasteiger partial charge in [0.15, 0.2) is 11.6 Å². The van der Waals surface area contributed by atoms with Gasteiger partial charge in [0, 0.05) is 24.2 Å². The second-order valence-electron chi connectivity index (χ2n) is 6.28. The minimum Gasteiger partial charge on any atom is -0.306 e. The molecule has 1 aromatic heterocycles. The van der Waals surface area contributed by atoms with Gasteiger partial charge in [-0.2, -0.15) is 0 Å². The molecule has 1 saturated heterocycles. The lowest BCUT2D eigenvalue weighted by Gasteiger charge is -2.17. The van der Waals surface area contributed by atoms with Gasteiger partial charge in [0.1, 0.15) is 0 Å². The molecule has 4 rings (SSSR count). The number of likely N-dealkylation sites (tertiary alicyclic amines) is 1. The van der Waals surface area contributed by atoms with Gasteiger partial charge in [-0.05, 0) is 25.9 Å². The van der Waals surface area contributed by atoms with Gasteiger partial charge in [0.2, 0.25) is 0 Å². The number of hydrogen-bond acceptors (Lipinski definition) is 3. The molecule has 2 heterocycles. The summed E-state index contributed by atoms with van der Waals surface area (Å²) in [6.45, 7) is 4.39. The van der Waals surface area contributed by atoms with E-state index in [-0.39, 0.29) is 0 Å². The summed E-state index contributed by atoms with van der Waals surface area (Å²) in [4.78, 5) is 2.53. The maximum absolute atomic E-state index is 4.50. The Labute approximate surface area is 142 Å². The lowest BCUT2D eigenvalue weighted by Crippen LogP contribution is -2.24. The molecule has 1 aliphatic rings. The Hall–Kier alpha value is -2.46. The van der Waals surface area contributed by atoms with E-state index in [1.807, 2.05) is 12.1 Å². The molecule has 0 aliphatic carbocycles. The molecule has 1 aliphatic heterocycles. The van der Waals surface area contributed by atoms with Crippen LogP contribution in [0.15, 0.2) is 60.7 Å². The summed E-state index contributed by atoms with van der Waals surface area (Å²) in [5.74, 6) is 1.90. The minimum absolute atomic E-state index is 0.918. The van der Waals surface area contributed by atoms with Gasteiger partial charge in [-0.25, -0.2) is 0 Å². The summed E-state index contributed by atoms with van der Waals surface area (Å²) in [5.41, 5.74) is 2.24. The molecule has 0 N–H and O–H groups in total. The third-order valence-electron chi connectivity index (χ3n) is 4.65. The lowest BCUT2D eigenvalue weighted by molar-refractivity contribution is 0.323. The summed E-state index contributed by atoms with van der Waals surface area (Å²) < 4.78 is 2.27. The molecule has 0 atom stereocenters. The van der Waals surface area contributed by atoms with E-state index in [2.05, 4.69) is 68.2 Å². The van der Waals surface area contributed by atoms with Crippen molar-refractivity contribution >= 4 is 0 Å². The number of aromatic nitrogens is 3. The predicted octanol–water partition coefficient (Wildman–Crippen LogP) is 3.71. The largest absolute Gasteiger partial charge is 0.306 e. The van der Waals surface area contributed by atoms with Crippen LogP contribution in [-0.2, 0) is 6.54 Å². The molecule has 0 amide bonds. The SMILES string of the molecule is c1ccc(-c2nnc(-c3ccccc3)n2CCN2CCCC2)cc1. The summed E-state index contributed by atoms with van der Waals surface area (Å²) in [5, 5.41) is 9.00. The third kappa shape index (κ3) is 3.10. The van der Waals surface area contributed by atoms with Crippen molar-refractivity contribution in [2.45, 2.75) is 19.4 Å². The predicted molar refractivity (Wildman–Crippen MR) is 96.6 cm³/mol. The molecule has 24 heavy (non-hydrogen) atoms. The normalized spacial score (nSPS) is 15.0. The Balaban J connectivity index is 1.70. The first-order valence-electron chi connectivity index (χ1n) is 8.68. The van der Waals surface area contributed by atoms with Crippen molar-refractivity contribution in [2.24, 2.45) is 0 Å². The molecule has 0 unspecified atom stereocenters. The average molecular weight is 318 g/mol. The number of hydrogen-bond donors (Lipinski definition) is 0. The van der Waals surface area contributed by atoms with Crippen LogP contribution in [0.4, 0.5) is 0 Å². The molecule has 2 aromatic carbocycles. The van der Waals surface area contributed by atoms with E-state index >= 15 is 0 Å². The molecule has 4 heteroatoms. The zero-order valence-electron chi connectivity index (χ0n) is 13.8. The van der Waals surface area contributed by atoms with E-state index in [1.165, 1.54) is 25.9 Å². The molecule has 0 radical (unpaired) electrons. The highest BCUT2D eigenvalue weighted by molar-refractivity contribution is 5.62. The van der Waals surface area contributed by atoms with E-state index < -0.39 is 0 Å². The van der Waals surface area contributed by atoms with E-state index in [0.717, 1.165) is 35.9 Å². The van der Waals surface area contributed by atoms with Crippen LogP contribution in [0.2, 0.25) is 0 Å². The van der Waals surface area contributed by atoms with Crippen LogP contribution in [0.3, 0.4) is 0 Å². The summed E-state index contributed by atoms with van der Waals surface area (Å²) in [6, 6.07) is 20.7. The van der Waals surface area contributed by atoms with Crippen LogP contribution in [0.25, 0.3) is 22.8 Å². The highest BCUT2D eigenvalue weighted by Crippen LogP contribution is 2.24. The van der Waals surface area contributed by atoms with Crippen LogP contribution in [0.1, 0.15) is 12.8 Å². The zero-order chi connectivity index (χ0) is 16.2.